The lowest BCUT2D eigenvalue weighted by molar-refractivity contribution is 0.00509. The van der Waals surface area contributed by atoms with Crippen molar-refractivity contribution in [3.05, 3.63) is 61.0 Å². The monoisotopic (exact) mass is 720 g/mol. The van der Waals surface area contributed by atoms with E-state index < -0.39 is 0 Å². The van der Waals surface area contributed by atoms with Gasteiger partial charge in [-0.1, -0.05) is 31.9 Å². The molecule has 2 aromatic carbocycles. The van der Waals surface area contributed by atoms with E-state index in [-0.39, 0.29) is 0 Å². The zero-order valence-corrected chi connectivity index (χ0v) is 25.4. The van der Waals surface area contributed by atoms with Gasteiger partial charge >= 0.3 is 0 Å². The lowest BCUT2D eigenvalue weighted by Gasteiger charge is -2.47. The topological polar surface area (TPSA) is 40.2 Å². The van der Waals surface area contributed by atoms with Crippen LogP contribution in [0.5, 0.6) is 0 Å². The van der Waals surface area contributed by atoms with Gasteiger partial charge in [0, 0.05) is 82.6 Å². The minimum absolute atomic E-state index is 0.725. The first-order valence-corrected chi connectivity index (χ1v) is 15.0. The maximum Gasteiger partial charge on any atom is 0.0594 e. The van der Waals surface area contributed by atoms with Gasteiger partial charge in [-0.2, -0.15) is 0 Å². The van der Waals surface area contributed by atoms with Gasteiger partial charge in [-0.05, 0) is 71.1 Å². The van der Waals surface area contributed by atoms with E-state index in [0.717, 1.165) is 86.7 Å². The molecular formula is C26H35Br2IN4O2. The Kier molecular flexibility index (Phi) is 11.6. The van der Waals surface area contributed by atoms with Gasteiger partial charge in [-0.25, -0.2) is 0 Å². The van der Waals surface area contributed by atoms with Crippen molar-refractivity contribution >= 4 is 60.1 Å². The van der Waals surface area contributed by atoms with E-state index in [1.807, 2.05) is 12.1 Å². The number of hydrogen-bond acceptors (Lipinski definition) is 6. The van der Waals surface area contributed by atoms with Crippen molar-refractivity contribution in [3.63, 3.8) is 0 Å². The first-order chi connectivity index (χ1) is 17.1. The predicted molar refractivity (Wildman–Crippen MR) is 158 cm³/mol. The van der Waals surface area contributed by atoms with Gasteiger partial charge in [0.2, 0.25) is 0 Å². The van der Waals surface area contributed by atoms with Crippen molar-refractivity contribution in [3.8, 4) is 0 Å². The second kappa shape index (κ2) is 14.6. The summed E-state index contributed by atoms with van der Waals surface area (Å²) in [5, 5.41) is 3.28. The van der Waals surface area contributed by atoms with Crippen LogP contribution in [0.15, 0.2) is 57.5 Å². The summed E-state index contributed by atoms with van der Waals surface area (Å²) in [6.07, 6.45) is 0. The molecule has 4 heterocycles. The third kappa shape index (κ3) is 8.91. The highest BCUT2D eigenvalue weighted by Gasteiger charge is 2.32. The minimum atomic E-state index is 0.725. The molecule has 0 bridgehead atoms. The third-order valence-corrected chi connectivity index (χ3v) is 8.52. The van der Waals surface area contributed by atoms with Crippen molar-refractivity contribution < 1.29 is 9.47 Å². The average molecular weight is 722 g/mol. The van der Waals surface area contributed by atoms with Gasteiger partial charge in [0.1, 0.15) is 0 Å². The molecule has 0 spiro atoms. The first kappa shape index (κ1) is 27.8. The van der Waals surface area contributed by atoms with Crippen LogP contribution in [0.1, 0.15) is 0 Å². The van der Waals surface area contributed by atoms with Gasteiger partial charge in [0.25, 0.3) is 0 Å². The maximum absolute atomic E-state index is 5.38. The highest BCUT2D eigenvalue weighted by atomic mass is 127. The molecule has 35 heavy (non-hydrogen) atoms. The molecule has 9 heteroatoms. The van der Waals surface area contributed by atoms with E-state index in [1.54, 1.807) is 0 Å². The smallest absolute Gasteiger partial charge is 0.0594 e. The molecular weight excluding hydrogens is 687 g/mol. The summed E-state index contributed by atoms with van der Waals surface area (Å²) in [7, 11) is 0. The molecule has 0 atom stereocenters. The average Bonchev–Trinajstić information content (AvgIpc) is 2.83. The number of halogens is 3. The van der Waals surface area contributed by atoms with Crippen LogP contribution in [0.2, 0.25) is 0 Å². The standard InChI is InChI=1S/C13H17BrN2O.C7H14N2O.C6H4BrI/c14-11-1-3-12(4-2-11)16-9-13(10-16)15-5-7-17-8-6-15;1-3-10-4-2-9(1)7-5-8-6-7;7-5-1-3-6(8)4-2-5/h1-4,13H,5-10H2;7-8H,1-6H2;1-4H. The minimum Gasteiger partial charge on any atom is -0.379 e. The molecule has 0 aliphatic carbocycles. The zero-order chi connectivity index (χ0) is 24.5. The molecule has 0 radical (unpaired) electrons. The number of nitrogens with zero attached hydrogens (tertiary/aromatic N) is 3. The van der Waals surface area contributed by atoms with Crippen LogP contribution in [0.4, 0.5) is 5.69 Å². The number of morpholine rings is 2. The largest absolute Gasteiger partial charge is 0.379 e. The van der Waals surface area contributed by atoms with Crippen LogP contribution >= 0.6 is 54.5 Å². The van der Waals surface area contributed by atoms with Crippen molar-refractivity contribution in [2.75, 3.05) is 83.7 Å². The Morgan fingerprint density at radius 3 is 1.57 bits per heavy atom. The number of hydrogen-bond donors (Lipinski definition) is 1. The number of nitrogens with one attached hydrogen (secondary N) is 1. The molecule has 4 aliphatic heterocycles. The molecule has 4 saturated heterocycles. The molecule has 0 unspecified atom stereocenters. The fourth-order valence-electron chi connectivity index (χ4n) is 4.40. The molecule has 6 nitrogen and oxygen atoms in total. The van der Waals surface area contributed by atoms with E-state index in [0.29, 0.717) is 0 Å². The Balaban J connectivity index is 0.000000136. The highest BCUT2D eigenvalue weighted by Crippen LogP contribution is 2.25. The zero-order valence-electron chi connectivity index (χ0n) is 20.1. The quantitative estimate of drug-likeness (QED) is 0.477. The number of anilines is 1. The van der Waals surface area contributed by atoms with Crippen molar-refractivity contribution in [2.24, 2.45) is 0 Å². The SMILES string of the molecule is Brc1ccc(I)cc1.Brc1ccc(N2CC(N3CCOCC3)C2)cc1.C1CN(C2CNC2)CCO1. The second-order valence-electron chi connectivity index (χ2n) is 9.08. The fraction of sp³-hybridized carbons (Fsp3) is 0.538. The summed E-state index contributed by atoms with van der Waals surface area (Å²) in [6, 6.07) is 18.3. The van der Waals surface area contributed by atoms with Crippen molar-refractivity contribution in [1.29, 1.82) is 0 Å². The summed E-state index contributed by atoms with van der Waals surface area (Å²) >= 11 is 9.09. The van der Waals surface area contributed by atoms with Crippen LogP contribution in [0.25, 0.3) is 0 Å². The van der Waals surface area contributed by atoms with Crippen LogP contribution in [0.3, 0.4) is 0 Å². The van der Waals surface area contributed by atoms with Gasteiger partial charge in [0.05, 0.1) is 26.4 Å². The first-order valence-electron chi connectivity index (χ1n) is 12.3. The van der Waals surface area contributed by atoms with Crippen LogP contribution in [-0.4, -0.2) is 101 Å². The second-order valence-corrected chi connectivity index (χ2v) is 12.2. The Bertz CT molecular complexity index is 847. The van der Waals surface area contributed by atoms with E-state index in [9.17, 15) is 0 Å². The summed E-state index contributed by atoms with van der Waals surface area (Å²) in [5.41, 5.74) is 1.33. The molecule has 0 saturated carbocycles. The molecule has 6 rings (SSSR count). The van der Waals surface area contributed by atoms with Gasteiger partial charge in [-0.3, -0.25) is 9.80 Å². The number of rotatable bonds is 3. The normalized spacial score (nSPS) is 21.6. The van der Waals surface area contributed by atoms with E-state index in [1.165, 1.54) is 22.3 Å². The predicted octanol–water partition coefficient (Wildman–Crippen LogP) is 4.31. The van der Waals surface area contributed by atoms with Gasteiger partial charge in [0.15, 0.2) is 0 Å². The lowest BCUT2D eigenvalue weighted by Crippen LogP contribution is -2.61. The molecule has 192 valence electrons. The van der Waals surface area contributed by atoms with E-state index in [4.69, 9.17) is 9.47 Å². The Labute approximate surface area is 240 Å². The van der Waals surface area contributed by atoms with Crippen LogP contribution in [-0.2, 0) is 9.47 Å². The molecule has 1 N–H and O–H groups in total. The highest BCUT2D eigenvalue weighted by molar-refractivity contribution is 14.1. The molecule has 4 aliphatic rings. The summed E-state index contributed by atoms with van der Waals surface area (Å²) in [4.78, 5) is 7.51. The van der Waals surface area contributed by atoms with Gasteiger partial charge < -0.3 is 19.7 Å². The van der Waals surface area contributed by atoms with Crippen LogP contribution < -0.4 is 10.2 Å². The Morgan fingerprint density at radius 2 is 1.14 bits per heavy atom. The summed E-state index contributed by atoms with van der Waals surface area (Å²) in [6.45, 7) is 12.8. The molecule has 2 aromatic rings. The Hall–Kier alpha value is -0.270. The molecule has 4 fully saturated rings. The summed E-state index contributed by atoms with van der Waals surface area (Å²) < 4.78 is 14.2. The van der Waals surface area contributed by atoms with E-state index >= 15 is 0 Å². The molecule has 0 aromatic heterocycles. The Morgan fingerprint density at radius 1 is 0.686 bits per heavy atom. The summed E-state index contributed by atoms with van der Waals surface area (Å²) in [5.74, 6) is 0. The van der Waals surface area contributed by atoms with E-state index in [2.05, 4.69) is 111 Å². The fourth-order valence-corrected chi connectivity index (χ4v) is 5.28. The molecule has 0 amide bonds. The van der Waals surface area contributed by atoms with Gasteiger partial charge in [-0.15, -0.1) is 0 Å². The maximum atomic E-state index is 5.38. The van der Waals surface area contributed by atoms with Crippen molar-refractivity contribution in [2.45, 2.75) is 12.1 Å². The van der Waals surface area contributed by atoms with Crippen molar-refractivity contribution in [1.82, 2.24) is 15.1 Å². The lowest BCUT2D eigenvalue weighted by atomic mass is 10.1. The van der Waals surface area contributed by atoms with Crippen LogP contribution in [0, 0.1) is 3.57 Å². The number of benzene rings is 2. The third-order valence-electron chi connectivity index (χ3n) is 6.74. The number of ether oxygens (including phenoxy) is 2.